The molecule has 4 nitrogen and oxygen atoms in total. The van der Waals surface area contributed by atoms with Gasteiger partial charge < -0.3 is 0 Å². The molecule has 1 aliphatic rings. The Labute approximate surface area is 141 Å². The van der Waals surface area contributed by atoms with Crippen LogP contribution in [0.5, 0.6) is 0 Å². The third-order valence-corrected chi connectivity index (χ3v) is 3.62. The second-order valence-electron chi connectivity index (χ2n) is 4.93. The fourth-order valence-electron chi connectivity index (χ4n) is 2.42. The van der Waals surface area contributed by atoms with Gasteiger partial charge in [0.1, 0.15) is 35.4 Å². The summed E-state index contributed by atoms with van der Waals surface area (Å²) in [5.74, 6) is -8.18. The van der Waals surface area contributed by atoms with Crippen molar-refractivity contribution in [3.8, 4) is 24.3 Å². The number of nitriles is 4. The smallest absolute Gasteiger partial charge is 0.196 e. The van der Waals surface area contributed by atoms with Crippen molar-refractivity contribution in [2.24, 2.45) is 0 Å². The van der Waals surface area contributed by atoms with Crippen LogP contribution >= 0.6 is 0 Å². The number of halogens is 6. The number of rotatable bonds is 1. The van der Waals surface area contributed by atoms with E-state index in [9.17, 15) is 22.0 Å². The molecule has 1 aromatic rings. The van der Waals surface area contributed by atoms with Gasteiger partial charge in [-0.15, -0.1) is 0 Å². The average molecular weight is 364 g/mol. The molecule has 0 radical (unpaired) electrons. The quantitative estimate of drug-likeness (QED) is 0.562. The second-order valence-corrected chi connectivity index (χ2v) is 4.93. The van der Waals surface area contributed by atoms with Crippen molar-refractivity contribution in [3.63, 3.8) is 0 Å². The first-order valence-electron chi connectivity index (χ1n) is 6.46. The van der Waals surface area contributed by atoms with Gasteiger partial charge >= 0.3 is 0 Å². The van der Waals surface area contributed by atoms with Crippen molar-refractivity contribution in [2.75, 3.05) is 0 Å². The molecular weight excluding hydrogens is 362 g/mol. The van der Waals surface area contributed by atoms with Crippen molar-refractivity contribution in [3.05, 3.63) is 57.2 Å². The van der Waals surface area contributed by atoms with E-state index < -0.39 is 63.0 Å². The predicted octanol–water partition coefficient (Wildman–Crippen LogP) is 3.56. The Morgan fingerprint density at radius 2 is 1.38 bits per heavy atom. The number of hydrogen-bond acceptors (Lipinski definition) is 4. The Morgan fingerprint density at radius 1 is 0.808 bits per heavy atom. The highest BCUT2D eigenvalue weighted by Crippen LogP contribution is 2.47. The summed E-state index contributed by atoms with van der Waals surface area (Å²) in [6.07, 6.45) is -3.42. The van der Waals surface area contributed by atoms with Crippen molar-refractivity contribution in [1.29, 1.82) is 21.0 Å². The van der Waals surface area contributed by atoms with Crippen LogP contribution in [0.15, 0.2) is 23.0 Å². The van der Waals surface area contributed by atoms with Crippen molar-refractivity contribution in [2.45, 2.75) is 11.8 Å². The lowest BCUT2D eigenvalue weighted by molar-refractivity contribution is 0.109. The Hall–Kier alpha value is -3.76. The summed E-state index contributed by atoms with van der Waals surface area (Å²) in [6, 6.07) is 3.97. The highest BCUT2D eigenvalue weighted by atomic mass is 19.2. The van der Waals surface area contributed by atoms with Gasteiger partial charge in [0.25, 0.3) is 0 Å². The maximum absolute atomic E-state index is 15.3. The molecule has 0 heterocycles. The molecule has 128 valence electrons. The predicted molar refractivity (Wildman–Crippen MR) is 70.9 cm³/mol. The summed E-state index contributed by atoms with van der Waals surface area (Å²) in [7, 11) is 0. The fraction of sp³-hybridized carbons (Fsp3) is 0.125. The van der Waals surface area contributed by atoms with Gasteiger partial charge in [0.15, 0.2) is 35.1 Å². The van der Waals surface area contributed by atoms with Crippen LogP contribution in [0.2, 0.25) is 0 Å². The zero-order chi connectivity index (χ0) is 19.8. The average Bonchev–Trinajstić information content (AvgIpc) is 2.62. The fourth-order valence-corrected chi connectivity index (χ4v) is 2.42. The first-order valence-corrected chi connectivity index (χ1v) is 6.46. The maximum Gasteiger partial charge on any atom is 0.196 e. The lowest BCUT2D eigenvalue weighted by Gasteiger charge is -2.30. The molecule has 0 spiro atoms. The van der Waals surface area contributed by atoms with E-state index >= 15 is 4.39 Å². The van der Waals surface area contributed by atoms with E-state index in [1.165, 1.54) is 0 Å². The van der Waals surface area contributed by atoms with Gasteiger partial charge in [-0.3, -0.25) is 0 Å². The van der Waals surface area contributed by atoms with Crippen molar-refractivity contribution < 1.29 is 26.3 Å². The highest BCUT2D eigenvalue weighted by molar-refractivity contribution is 5.59. The van der Waals surface area contributed by atoms with E-state index in [1.54, 1.807) is 0 Å². The molecule has 1 aliphatic carbocycles. The Bertz CT molecular complexity index is 1060. The Kier molecular flexibility index (Phi) is 4.48. The topological polar surface area (TPSA) is 95.2 Å². The van der Waals surface area contributed by atoms with Gasteiger partial charge in [-0.2, -0.15) is 21.0 Å². The molecule has 0 fully saturated rings. The third kappa shape index (κ3) is 2.29. The summed E-state index contributed by atoms with van der Waals surface area (Å²) in [4.78, 5) is 0. The summed E-state index contributed by atoms with van der Waals surface area (Å²) >= 11 is 0. The van der Waals surface area contributed by atoms with Crippen LogP contribution in [0, 0.1) is 62.8 Å². The number of hydrogen-bond donors (Lipinski definition) is 0. The van der Waals surface area contributed by atoms with E-state index in [-0.39, 0.29) is 6.08 Å². The summed E-state index contributed by atoms with van der Waals surface area (Å²) in [5, 5.41) is 35.1. The summed E-state index contributed by atoms with van der Waals surface area (Å²) in [6.45, 7) is 0. The van der Waals surface area contributed by atoms with Crippen LogP contribution in [0.25, 0.3) is 0 Å². The molecule has 10 heteroatoms. The summed E-state index contributed by atoms with van der Waals surface area (Å²) < 4.78 is 85.8. The molecule has 2 unspecified atom stereocenters. The zero-order valence-corrected chi connectivity index (χ0v) is 12.2. The van der Waals surface area contributed by atoms with Crippen molar-refractivity contribution >= 4 is 0 Å². The summed E-state index contributed by atoms with van der Waals surface area (Å²) in [5.41, 5.74) is -11.7. The van der Waals surface area contributed by atoms with Crippen molar-refractivity contribution in [1.82, 2.24) is 0 Å². The number of allylic oxidation sites excluding steroid dienone is 4. The zero-order valence-electron chi connectivity index (χ0n) is 12.2. The largest absolute Gasteiger partial charge is 0.237 e. The second kappa shape index (κ2) is 6.27. The minimum atomic E-state index is -3.95. The van der Waals surface area contributed by atoms with Crippen LogP contribution in [-0.4, -0.2) is 6.17 Å². The van der Waals surface area contributed by atoms with Crippen LogP contribution in [0.3, 0.4) is 0 Å². The van der Waals surface area contributed by atoms with E-state index in [4.69, 9.17) is 21.0 Å². The Balaban J connectivity index is 3.00. The van der Waals surface area contributed by atoms with Gasteiger partial charge in [0.05, 0.1) is 16.7 Å². The van der Waals surface area contributed by atoms with E-state index in [1.807, 2.05) is 0 Å². The molecule has 0 saturated heterocycles. The van der Waals surface area contributed by atoms with Crippen LogP contribution in [0.4, 0.5) is 26.3 Å². The standard InChI is InChI=1S/C16H2F6N4/c17-11-6(2-23)1-16(22,15(21)9(11)5-26)10-7(3-24)12(18)8(4-25)13(19)14(10)20/h1,15H. The lowest BCUT2D eigenvalue weighted by atomic mass is 9.78. The maximum atomic E-state index is 15.3. The SMILES string of the molecule is N#CC1=CC(F)(c2c(F)c(F)c(C#N)c(F)c2C#N)C(F)C(C#N)=C1F. The molecule has 2 rings (SSSR count). The minimum Gasteiger partial charge on any atom is -0.237 e. The highest BCUT2D eigenvalue weighted by Gasteiger charge is 2.52. The number of benzene rings is 1. The van der Waals surface area contributed by atoms with Crippen LogP contribution < -0.4 is 0 Å². The third-order valence-electron chi connectivity index (χ3n) is 3.62. The molecule has 0 aromatic heterocycles. The molecule has 0 bridgehead atoms. The molecule has 26 heavy (non-hydrogen) atoms. The molecular formula is C16H2F6N4. The van der Waals surface area contributed by atoms with Crippen LogP contribution in [0.1, 0.15) is 16.7 Å². The normalized spacial score (nSPS) is 21.9. The van der Waals surface area contributed by atoms with Gasteiger partial charge in [-0.1, -0.05) is 0 Å². The minimum absolute atomic E-state index is 0.113. The first-order chi connectivity index (χ1) is 12.2. The van der Waals surface area contributed by atoms with Gasteiger partial charge in [-0.25, -0.2) is 26.3 Å². The van der Waals surface area contributed by atoms with E-state index in [0.717, 1.165) is 24.3 Å². The first kappa shape index (κ1) is 18.6. The number of nitrogens with zero attached hydrogens (tertiary/aromatic N) is 4. The Morgan fingerprint density at radius 3 is 1.85 bits per heavy atom. The molecule has 0 aliphatic heterocycles. The van der Waals surface area contributed by atoms with Gasteiger partial charge in [0.2, 0.25) is 0 Å². The lowest BCUT2D eigenvalue weighted by Crippen LogP contribution is -2.37. The number of alkyl halides is 2. The van der Waals surface area contributed by atoms with E-state index in [2.05, 4.69) is 0 Å². The molecule has 2 atom stereocenters. The van der Waals surface area contributed by atoms with Crippen LogP contribution in [-0.2, 0) is 5.67 Å². The molecule has 0 saturated carbocycles. The van der Waals surface area contributed by atoms with E-state index in [0.29, 0.717) is 0 Å². The monoisotopic (exact) mass is 364 g/mol. The van der Waals surface area contributed by atoms with Gasteiger partial charge in [-0.05, 0) is 6.08 Å². The molecule has 0 N–H and O–H groups in total. The molecule has 1 aromatic carbocycles. The molecule has 0 amide bonds. The van der Waals surface area contributed by atoms with Gasteiger partial charge in [0, 0.05) is 0 Å².